The third-order valence-electron chi connectivity index (χ3n) is 2.92. The second kappa shape index (κ2) is 7.40. The molecule has 2 aromatic rings. The van der Waals surface area contributed by atoms with Gasteiger partial charge in [0.05, 0.1) is 12.7 Å². The van der Waals surface area contributed by atoms with Gasteiger partial charge in [-0.05, 0) is 31.6 Å². The van der Waals surface area contributed by atoms with E-state index in [-0.39, 0.29) is 13.2 Å². The Morgan fingerprint density at radius 3 is 2.61 bits per heavy atom. The van der Waals surface area contributed by atoms with Crippen molar-refractivity contribution in [2.24, 2.45) is 0 Å². The maximum absolute atomic E-state index is 12.1. The second-order valence-electron chi connectivity index (χ2n) is 4.85. The lowest BCUT2D eigenvalue weighted by Crippen LogP contribution is -2.28. The van der Waals surface area contributed by atoms with Crippen LogP contribution in [0.1, 0.15) is 19.5 Å². The molecule has 1 aromatic heterocycles. The van der Waals surface area contributed by atoms with Crippen LogP contribution in [0.25, 0.3) is 5.57 Å². The topological polar surface area (TPSA) is 70.4 Å². The van der Waals surface area contributed by atoms with E-state index in [4.69, 9.17) is 9.47 Å². The molecule has 0 aliphatic rings. The lowest BCUT2D eigenvalue weighted by Gasteiger charge is -2.12. The van der Waals surface area contributed by atoms with Crippen LogP contribution in [0.4, 0.5) is 0 Å². The lowest BCUT2D eigenvalue weighted by atomic mass is 10.2. The highest BCUT2D eigenvalue weighted by molar-refractivity contribution is 5.69. The number of nitrogens with zero attached hydrogens (tertiary/aromatic N) is 2. The Morgan fingerprint density at radius 2 is 2.00 bits per heavy atom. The number of aromatic nitrogens is 2. The van der Waals surface area contributed by atoms with Crippen LogP contribution in [-0.4, -0.2) is 22.4 Å². The monoisotopic (exact) mass is 314 g/mol. The summed E-state index contributed by atoms with van der Waals surface area (Å²) in [6.45, 7) is 7.28. The molecule has 0 radical (unpaired) electrons. The van der Waals surface area contributed by atoms with Crippen LogP contribution in [0.5, 0.6) is 11.5 Å². The molecule has 0 fully saturated rings. The summed E-state index contributed by atoms with van der Waals surface area (Å²) in [5.74, 6) is 0.361. The van der Waals surface area contributed by atoms with E-state index in [1.54, 1.807) is 26.0 Å². The number of rotatable bonds is 6. The molecule has 2 rings (SSSR count). The average Bonchev–Trinajstić information content (AvgIpc) is 2.51. The van der Waals surface area contributed by atoms with Gasteiger partial charge in [-0.2, -0.15) is 5.10 Å². The van der Waals surface area contributed by atoms with Gasteiger partial charge in [0.2, 0.25) is 0 Å². The van der Waals surface area contributed by atoms with Crippen molar-refractivity contribution in [1.82, 2.24) is 9.78 Å². The highest BCUT2D eigenvalue weighted by Crippen LogP contribution is 2.26. The first kappa shape index (κ1) is 16.5. The molecule has 0 aliphatic heterocycles. The number of hydrogen-bond donors (Lipinski definition) is 0. The van der Waals surface area contributed by atoms with E-state index in [9.17, 15) is 9.59 Å². The number of hydrogen-bond acceptors (Lipinski definition) is 5. The Kier molecular flexibility index (Phi) is 5.30. The summed E-state index contributed by atoms with van der Waals surface area (Å²) in [4.78, 5) is 23.7. The minimum absolute atomic E-state index is 0.246. The van der Waals surface area contributed by atoms with Crippen LogP contribution >= 0.6 is 0 Å². The molecule has 6 nitrogen and oxygen atoms in total. The van der Waals surface area contributed by atoms with Crippen molar-refractivity contribution >= 4 is 11.5 Å². The highest BCUT2D eigenvalue weighted by atomic mass is 16.5. The first-order valence-corrected chi connectivity index (χ1v) is 7.17. The molecule has 0 bridgehead atoms. The highest BCUT2D eigenvalue weighted by Gasteiger charge is 2.14. The van der Waals surface area contributed by atoms with Gasteiger partial charge in [-0.25, -0.2) is 4.68 Å². The van der Waals surface area contributed by atoms with Crippen LogP contribution in [0.3, 0.4) is 0 Å². The van der Waals surface area contributed by atoms with Gasteiger partial charge in [-0.15, -0.1) is 0 Å². The van der Waals surface area contributed by atoms with Crippen LogP contribution < -0.4 is 10.3 Å². The molecule has 1 heterocycles. The number of ether oxygens (including phenoxy) is 2. The molecule has 0 N–H and O–H groups in total. The van der Waals surface area contributed by atoms with Gasteiger partial charge in [0.15, 0.2) is 5.75 Å². The van der Waals surface area contributed by atoms with Crippen molar-refractivity contribution in [2.45, 2.75) is 20.4 Å². The fraction of sp³-hybridized carbons (Fsp3) is 0.235. The SMILES string of the molecule is C=C(C)c1nn(CC(=O)OCC)c(=O)cc1Oc1ccccc1. The zero-order valence-electron chi connectivity index (χ0n) is 13.1. The Hall–Kier alpha value is -2.89. The van der Waals surface area contributed by atoms with E-state index in [0.717, 1.165) is 4.68 Å². The van der Waals surface area contributed by atoms with Gasteiger partial charge in [-0.1, -0.05) is 24.8 Å². The third kappa shape index (κ3) is 4.29. The zero-order valence-corrected chi connectivity index (χ0v) is 13.1. The fourth-order valence-electron chi connectivity index (χ4n) is 1.91. The van der Waals surface area contributed by atoms with E-state index in [2.05, 4.69) is 11.7 Å². The maximum Gasteiger partial charge on any atom is 0.327 e. The summed E-state index contributed by atoms with van der Waals surface area (Å²) >= 11 is 0. The van der Waals surface area contributed by atoms with Gasteiger partial charge in [0, 0.05) is 0 Å². The quantitative estimate of drug-likeness (QED) is 0.767. The summed E-state index contributed by atoms with van der Waals surface area (Å²) in [6, 6.07) is 10.3. The minimum Gasteiger partial charge on any atom is -0.465 e. The molecule has 120 valence electrons. The lowest BCUT2D eigenvalue weighted by molar-refractivity contribution is -0.144. The van der Waals surface area contributed by atoms with Crippen molar-refractivity contribution in [3.63, 3.8) is 0 Å². The van der Waals surface area contributed by atoms with Crippen molar-refractivity contribution in [3.05, 3.63) is 59.0 Å². The van der Waals surface area contributed by atoms with Crippen LogP contribution in [0, 0.1) is 0 Å². The van der Waals surface area contributed by atoms with Crippen LogP contribution in [0.15, 0.2) is 47.8 Å². The molecular weight excluding hydrogens is 296 g/mol. The summed E-state index contributed by atoms with van der Waals surface area (Å²) in [6.07, 6.45) is 0. The smallest absolute Gasteiger partial charge is 0.327 e. The van der Waals surface area contributed by atoms with Gasteiger partial charge >= 0.3 is 5.97 Å². The molecule has 1 aromatic carbocycles. The maximum atomic E-state index is 12.1. The Balaban J connectivity index is 2.36. The summed E-state index contributed by atoms with van der Waals surface area (Å²) in [5, 5.41) is 4.17. The van der Waals surface area contributed by atoms with Crippen molar-refractivity contribution in [3.8, 4) is 11.5 Å². The van der Waals surface area contributed by atoms with Gasteiger partial charge in [0.1, 0.15) is 18.0 Å². The zero-order chi connectivity index (χ0) is 16.8. The molecular formula is C17H18N2O4. The Labute approximate surface area is 134 Å². The number of esters is 1. The molecule has 0 atom stereocenters. The predicted octanol–water partition coefficient (Wildman–Crippen LogP) is 2.63. The largest absolute Gasteiger partial charge is 0.465 e. The number of carbonyl (C=O) groups is 1. The van der Waals surface area contributed by atoms with E-state index >= 15 is 0 Å². The van der Waals surface area contributed by atoms with Crippen molar-refractivity contribution in [1.29, 1.82) is 0 Å². The predicted molar refractivity (Wildman–Crippen MR) is 86.4 cm³/mol. The van der Waals surface area contributed by atoms with Gasteiger partial charge < -0.3 is 9.47 Å². The molecule has 0 unspecified atom stereocenters. The summed E-state index contributed by atoms with van der Waals surface area (Å²) in [5.41, 5.74) is 0.584. The summed E-state index contributed by atoms with van der Waals surface area (Å²) in [7, 11) is 0. The van der Waals surface area contributed by atoms with Crippen molar-refractivity contribution in [2.75, 3.05) is 6.61 Å². The number of para-hydroxylation sites is 1. The van der Waals surface area contributed by atoms with E-state index in [1.165, 1.54) is 6.07 Å². The van der Waals surface area contributed by atoms with Gasteiger partial charge in [0.25, 0.3) is 5.56 Å². The molecule has 0 amide bonds. The average molecular weight is 314 g/mol. The molecule has 23 heavy (non-hydrogen) atoms. The molecule has 0 saturated carbocycles. The molecule has 0 spiro atoms. The Bertz CT molecular complexity index is 766. The number of carbonyl (C=O) groups excluding carboxylic acids is 1. The molecule has 0 saturated heterocycles. The standard InChI is InChI=1S/C17H18N2O4/c1-4-22-16(21)11-19-15(20)10-14(17(18-19)12(2)3)23-13-8-6-5-7-9-13/h5-10H,2,4,11H2,1,3H3. The van der Waals surface area contributed by atoms with Crippen LogP contribution in [0.2, 0.25) is 0 Å². The van der Waals surface area contributed by atoms with E-state index < -0.39 is 11.5 Å². The van der Waals surface area contributed by atoms with Gasteiger partial charge in [-0.3, -0.25) is 9.59 Å². The first-order valence-electron chi connectivity index (χ1n) is 7.17. The van der Waals surface area contributed by atoms with E-state index in [0.29, 0.717) is 22.8 Å². The normalized spacial score (nSPS) is 10.2. The minimum atomic E-state index is -0.522. The number of allylic oxidation sites excluding steroid dienone is 1. The summed E-state index contributed by atoms with van der Waals surface area (Å²) < 4.78 is 11.6. The first-order chi connectivity index (χ1) is 11.0. The third-order valence-corrected chi connectivity index (χ3v) is 2.92. The van der Waals surface area contributed by atoms with Crippen molar-refractivity contribution < 1.29 is 14.3 Å². The fourth-order valence-corrected chi connectivity index (χ4v) is 1.91. The molecule has 0 aliphatic carbocycles. The van der Waals surface area contributed by atoms with E-state index in [1.807, 2.05) is 18.2 Å². The number of benzene rings is 1. The second-order valence-corrected chi connectivity index (χ2v) is 4.85. The Morgan fingerprint density at radius 1 is 1.30 bits per heavy atom. The van der Waals surface area contributed by atoms with Crippen LogP contribution in [-0.2, 0) is 16.1 Å². The molecule has 6 heteroatoms.